The molecule has 0 fully saturated rings. The van der Waals surface area contributed by atoms with Crippen LogP contribution in [0.4, 0.5) is 0 Å². The van der Waals surface area contributed by atoms with Gasteiger partial charge in [0, 0.05) is 11.6 Å². The third-order valence-electron chi connectivity index (χ3n) is 3.09. The lowest BCUT2D eigenvalue weighted by Crippen LogP contribution is -2.29. The Hall–Kier alpha value is -1.89. The molecule has 2 heterocycles. The summed E-state index contributed by atoms with van der Waals surface area (Å²) in [6.07, 6.45) is 4.36. The Morgan fingerprint density at radius 3 is 2.95 bits per heavy atom. The lowest BCUT2D eigenvalue weighted by atomic mass is 10.0. The molecule has 0 aliphatic carbocycles. The molecule has 5 nitrogen and oxygen atoms in total. The van der Waals surface area contributed by atoms with Crippen molar-refractivity contribution in [3.8, 4) is 0 Å². The molecule has 1 unspecified atom stereocenters. The van der Waals surface area contributed by atoms with Gasteiger partial charge in [-0.25, -0.2) is 0 Å². The van der Waals surface area contributed by atoms with Crippen molar-refractivity contribution in [1.29, 1.82) is 0 Å². The zero-order valence-electron chi connectivity index (χ0n) is 10.2. The number of hydrogen-bond acceptors (Lipinski definition) is 6. The van der Waals surface area contributed by atoms with Crippen LogP contribution in [-0.2, 0) is 6.42 Å². The molecule has 6 heteroatoms. The number of nitrogens with zero attached hydrogens (tertiary/aromatic N) is 3. The van der Waals surface area contributed by atoms with Gasteiger partial charge in [-0.15, -0.1) is 5.10 Å². The average molecular weight is 271 g/mol. The number of nitrogens with one attached hydrogen (secondary N) is 1. The molecule has 0 amide bonds. The quantitative estimate of drug-likeness (QED) is 0.559. The monoisotopic (exact) mass is 271 g/mol. The van der Waals surface area contributed by atoms with E-state index in [1.165, 1.54) is 17.1 Å². The van der Waals surface area contributed by atoms with Gasteiger partial charge in [-0.3, -0.25) is 16.3 Å². The van der Waals surface area contributed by atoms with E-state index < -0.39 is 0 Å². The second-order valence-electron chi connectivity index (χ2n) is 4.23. The Kier molecular flexibility index (Phi) is 3.45. The van der Waals surface area contributed by atoms with Crippen LogP contribution < -0.4 is 11.3 Å². The Morgan fingerprint density at radius 1 is 1.26 bits per heavy atom. The van der Waals surface area contributed by atoms with Gasteiger partial charge in [0.2, 0.25) is 0 Å². The summed E-state index contributed by atoms with van der Waals surface area (Å²) in [5, 5.41) is 5.01. The molecule has 1 atom stereocenters. The van der Waals surface area contributed by atoms with Crippen molar-refractivity contribution >= 4 is 22.4 Å². The van der Waals surface area contributed by atoms with Gasteiger partial charge in [-0.2, -0.15) is 0 Å². The maximum Gasteiger partial charge on any atom is 0.0704 e. The van der Waals surface area contributed by atoms with E-state index in [1.807, 2.05) is 30.5 Å². The van der Waals surface area contributed by atoms with E-state index in [0.717, 1.165) is 22.2 Å². The van der Waals surface area contributed by atoms with Gasteiger partial charge in [0.25, 0.3) is 0 Å². The van der Waals surface area contributed by atoms with Gasteiger partial charge in [0.05, 0.1) is 22.6 Å². The summed E-state index contributed by atoms with van der Waals surface area (Å²) < 4.78 is 3.88. The fourth-order valence-electron chi connectivity index (χ4n) is 2.12. The van der Waals surface area contributed by atoms with E-state index in [2.05, 4.69) is 26.1 Å². The van der Waals surface area contributed by atoms with E-state index >= 15 is 0 Å². The van der Waals surface area contributed by atoms with Gasteiger partial charge >= 0.3 is 0 Å². The highest BCUT2D eigenvalue weighted by Gasteiger charge is 2.14. The fourth-order valence-corrected chi connectivity index (χ4v) is 2.68. The van der Waals surface area contributed by atoms with Crippen LogP contribution in [0.15, 0.2) is 42.7 Å². The molecule has 0 aliphatic heterocycles. The van der Waals surface area contributed by atoms with Gasteiger partial charge in [-0.1, -0.05) is 22.7 Å². The fraction of sp³-hybridized carbons (Fsp3) is 0.154. The first kappa shape index (κ1) is 12.2. The number of pyridine rings is 1. The summed E-state index contributed by atoms with van der Waals surface area (Å²) in [5.74, 6) is 5.64. The van der Waals surface area contributed by atoms with Crippen LogP contribution in [0.3, 0.4) is 0 Å². The van der Waals surface area contributed by atoms with Crippen molar-refractivity contribution in [3.63, 3.8) is 0 Å². The normalized spacial score (nSPS) is 12.7. The Bertz CT molecular complexity index is 662. The summed E-state index contributed by atoms with van der Waals surface area (Å²) >= 11 is 1.36. The minimum atomic E-state index is 0.0193. The van der Waals surface area contributed by atoms with Crippen LogP contribution in [0, 0.1) is 0 Å². The van der Waals surface area contributed by atoms with E-state index in [4.69, 9.17) is 5.84 Å². The maximum atomic E-state index is 5.64. The van der Waals surface area contributed by atoms with Crippen LogP contribution in [0.5, 0.6) is 0 Å². The molecular formula is C13H13N5S. The highest BCUT2D eigenvalue weighted by atomic mass is 32.1. The van der Waals surface area contributed by atoms with Gasteiger partial charge in [0.15, 0.2) is 0 Å². The number of hydrogen-bond donors (Lipinski definition) is 2. The molecule has 1 aromatic carbocycles. The molecule has 96 valence electrons. The molecule has 0 aliphatic rings. The zero-order chi connectivity index (χ0) is 13.1. The van der Waals surface area contributed by atoms with Gasteiger partial charge in [-0.05, 0) is 35.6 Å². The topological polar surface area (TPSA) is 76.7 Å². The van der Waals surface area contributed by atoms with Crippen LogP contribution >= 0.6 is 11.5 Å². The van der Waals surface area contributed by atoms with Crippen molar-refractivity contribution in [2.45, 2.75) is 12.5 Å². The molecule has 2 aromatic heterocycles. The second-order valence-corrected chi connectivity index (χ2v) is 5.05. The Morgan fingerprint density at radius 2 is 2.16 bits per heavy atom. The largest absolute Gasteiger partial charge is 0.271 e. The highest BCUT2D eigenvalue weighted by molar-refractivity contribution is 7.05. The molecular weight excluding hydrogens is 258 g/mol. The van der Waals surface area contributed by atoms with Crippen LogP contribution in [0.1, 0.15) is 16.5 Å². The summed E-state index contributed by atoms with van der Waals surface area (Å²) in [4.78, 5) is 5.39. The smallest absolute Gasteiger partial charge is 0.0704 e. The lowest BCUT2D eigenvalue weighted by molar-refractivity contribution is 0.561. The number of fused-ring (bicyclic) bond motifs is 1. The highest BCUT2D eigenvalue weighted by Crippen LogP contribution is 2.24. The molecule has 0 radical (unpaired) electrons. The first-order valence-corrected chi connectivity index (χ1v) is 6.72. The molecule has 0 bridgehead atoms. The van der Waals surface area contributed by atoms with Crippen LogP contribution in [0.25, 0.3) is 10.9 Å². The number of rotatable bonds is 4. The average Bonchev–Trinajstić information content (AvgIpc) is 2.99. The first-order valence-electron chi connectivity index (χ1n) is 5.94. The van der Waals surface area contributed by atoms with E-state index in [1.54, 1.807) is 6.20 Å². The zero-order valence-corrected chi connectivity index (χ0v) is 11.0. The van der Waals surface area contributed by atoms with Gasteiger partial charge < -0.3 is 0 Å². The number of hydrazine groups is 1. The van der Waals surface area contributed by atoms with Crippen molar-refractivity contribution in [2.24, 2.45) is 5.84 Å². The molecule has 19 heavy (non-hydrogen) atoms. The molecule has 3 N–H and O–H groups in total. The molecule has 0 saturated heterocycles. The van der Waals surface area contributed by atoms with Crippen molar-refractivity contribution in [1.82, 2.24) is 20.0 Å². The lowest BCUT2D eigenvalue weighted by Gasteiger charge is -2.14. The van der Waals surface area contributed by atoms with E-state index in [-0.39, 0.29) is 6.04 Å². The molecule has 3 rings (SSSR count). The minimum absolute atomic E-state index is 0.0193. The summed E-state index contributed by atoms with van der Waals surface area (Å²) in [6, 6.07) is 10.2. The van der Waals surface area contributed by atoms with Crippen molar-refractivity contribution in [2.75, 3.05) is 0 Å². The first-order chi connectivity index (χ1) is 9.38. The molecule has 0 saturated carbocycles. The second kappa shape index (κ2) is 5.40. The Labute approximate surface area is 114 Å². The van der Waals surface area contributed by atoms with Crippen LogP contribution in [-0.4, -0.2) is 14.6 Å². The third-order valence-corrected chi connectivity index (χ3v) is 3.86. The summed E-state index contributed by atoms with van der Waals surface area (Å²) in [7, 11) is 0. The Balaban J connectivity index is 1.96. The third kappa shape index (κ3) is 2.46. The predicted molar refractivity (Wildman–Crippen MR) is 75.4 cm³/mol. The van der Waals surface area contributed by atoms with Crippen molar-refractivity contribution in [3.05, 3.63) is 53.2 Å². The number of para-hydroxylation sites is 1. The van der Waals surface area contributed by atoms with E-state index in [9.17, 15) is 0 Å². The minimum Gasteiger partial charge on any atom is -0.271 e. The number of aromatic nitrogens is 3. The number of nitrogens with two attached hydrogens (primary N) is 1. The molecule has 0 spiro atoms. The van der Waals surface area contributed by atoms with Crippen LogP contribution in [0.2, 0.25) is 0 Å². The number of benzene rings is 1. The summed E-state index contributed by atoms with van der Waals surface area (Å²) in [6.45, 7) is 0. The van der Waals surface area contributed by atoms with Gasteiger partial charge in [0.1, 0.15) is 0 Å². The predicted octanol–water partition coefficient (Wildman–Crippen LogP) is 1.83. The molecule has 3 aromatic rings. The standard InChI is InChI=1S/C13H13N5S/c14-17-12(13-8-16-18-19-13)7-9-5-6-15-11-4-2-1-3-10(9)11/h1-6,8,12,17H,7,14H2. The SMILES string of the molecule is NNC(Cc1ccnc2ccccc12)c1cnns1. The maximum absolute atomic E-state index is 5.64. The summed E-state index contributed by atoms with van der Waals surface area (Å²) in [5.41, 5.74) is 5.04. The van der Waals surface area contributed by atoms with E-state index in [0.29, 0.717) is 0 Å². The van der Waals surface area contributed by atoms with Crippen molar-refractivity contribution < 1.29 is 0 Å².